The molecule has 3 heteroatoms. The van der Waals surface area contributed by atoms with E-state index in [1.165, 1.54) is 32.1 Å². The quantitative estimate of drug-likeness (QED) is 0.673. The zero-order chi connectivity index (χ0) is 14.9. The van der Waals surface area contributed by atoms with Crippen molar-refractivity contribution in [2.75, 3.05) is 0 Å². The lowest BCUT2D eigenvalue weighted by Gasteiger charge is -2.67. The Labute approximate surface area is 130 Å². The van der Waals surface area contributed by atoms with Crippen LogP contribution in [0.15, 0.2) is 24.3 Å². The number of carbonyl (C=O) groups excluding carboxylic acids is 2. The normalized spacial score (nSPS) is 44.7. The molecule has 4 aliphatic carbocycles. The average Bonchev–Trinajstić information content (AvgIpc) is 2.50. The lowest BCUT2D eigenvalue weighted by molar-refractivity contribution is -0.162. The molecular weight excluding hydrogens is 274 g/mol. The highest BCUT2D eigenvalue weighted by Gasteiger charge is 2.67. The molecule has 4 saturated carbocycles. The molecular formula is C19H21NO2. The molecule has 6 rings (SSSR count). The highest BCUT2D eigenvalue weighted by molar-refractivity contribution is 5.93. The maximum Gasteiger partial charge on any atom is 0.230 e. The third-order valence-electron chi connectivity index (χ3n) is 6.97. The third kappa shape index (κ3) is 1.47. The van der Waals surface area contributed by atoms with Crippen LogP contribution in [-0.2, 0) is 4.79 Å². The van der Waals surface area contributed by atoms with Crippen LogP contribution in [0.25, 0.3) is 0 Å². The van der Waals surface area contributed by atoms with Crippen LogP contribution in [0.2, 0.25) is 0 Å². The Balaban J connectivity index is 1.54. The fourth-order valence-electron chi connectivity index (χ4n) is 6.33. The lowest BCUT2D eigenvalue weighted by atomic mass is 9.43. The standard InChI is InChI=1S/C19H21NO2/c21-10-11-1-3-14(4-2-11)17-18(22)20-19(17)15-6-12-5-13(8-15)9-16(19)7-12/h1-4,10,12-13,15-17H,5-9H2,(H,20,22). The van der Waals surface area contributed by atoms with E-state index in [-0.39, 0.29) is 17.4 Å². The van der Waals surface area contributed by atoms with E-state index in [2.05, 4.69) is 5.32 Å². The first-order chi connectivity index (χ1) is 10.7. The van der Waals surface area contributed by atoms with Crippen molar-refractivity contribution in [1.82, 2.24) is 5.32 Å². The number of aldehydes is 1. The Bertz CT molecular complexity index is 620. The second-order valence-corrected chi connectivity index (χ2v) is 7.94. The molecule has 1 spiro atoms. The fraction of sp³-hybridized carbons (Fsp3) is 0.579. The van der Waals surface area contributed by atoms with Gasteiger partial charge in [0.2, 0.25) is 5.91 Å². The minimum absolute atomic E-state index is 0.00296. The first kappa shape index (κ1) is 12.9. The van der Waals surface area contributed by atoms with E-state index < -0.39 is 0 Å². The van der Waals surface area contributed by atoms with Gasteiger partial charge in [0, 0.05) is 5.56 Å². The van der Waals surface area contributed by atoms with Gasteiger partial charge in [-0.15, -0.1) is 0 Å². The molecule has 1 N–H and O–H groups in total. The van der Waals surface area contributed by atoms with Crippen LogP contribution in [0.5, 0.6) is 0 Å². The van der Waals surface area contributed by atoms with Gasteiger partial charge in [0.05, 0.1) is 11.5 Å². The maximum absolute atomic E-state index is 12.4. The van der Waals surface area contributed by atoms with E-state index >= 15 is 0 Å². The van der Waals surface area contributed by atoms with Crippen LogP contribution >= 0.6 is 0 Å². The van der Waals surface area contributed by atoms with Gasteiger partial charge in [-0.3, -0.25) is 9.59 Å². The molecule has 1 amide bonds. The summed E-state index contributed by atoms with van der Waals surface area (Å²) in [6.45, 7) is 0. The Hall–Kier alpha value is -1.64. The van der Waals surface area contributed by atoms with Gasteiger partial charge in [0.25, 0.3) is 0 Å². The molecule has 1 saturated heterocycles. The molecule has 1 atom stereocenters. The number of amides is 1. The topological polar surface area (TPSA) is 46.2 Å². The average molecular weight is 295 g/mol. The SMILES string of the molecule is O=Cc1ccc(C2C(=O)NC23C2CC4CC(C2)CC3C4)cc1. The van der Waals surface area contributed by atoms with Gasteiger partial charge in [-0.25, -0.2) is 0 Å². The van der Waals surface area contributed by atoms with Crippen LogP contribution < -0.4 is 5.32 Å². The van der Waals surface area contributed by atoms with Crippen molar-refractivity contribution in [3.8, 4) is 0 Å². The van der Waals surface area contributed by atoms with Crippen LogP contribution in [-0.4, -0.2) is 17.7 Å². The molecule has 0 aromatic heterocycles. The second-order valence-electron chi connectivity index (χ2n) is 7.94. The third-order valence-corrected chi connectivity index (χ3v) is 6.97. The Morgan fingerprint density at radius 1 is 0.955 bits per heavy atom. The van der Waals surface area contributed by atoms with Crippen LogP contribution in [0.1, 0.15) is 53.9 Å². The molecule has 4 bridgehead atoms. The predicted molar refractivity (Wildman–Crippen MR) is 82.5 cm³/mol. The first-order valence-corrected chi connectivity index (χ1v) is 8.58. The van der Waals surface area contributed by atoms with Crippen molar-refractivity contribution < 1.29 is 9.59 Å². The monoisotopic (exact) mass is 295 g/mol. The summed E-state index contributed by atoms with van der Waals surface area (Å²) in [6, 6.07) is 7.66. The molecule has 5 aliphatic rings. The summed E-state index contributed by atoms with van der Waals surface area (Å²) in [5.74, 6) is 3.33. The molecule has 5 fully saturated rings. The zero-order valence-corrected chi connectivity index (χ0v) is 12.6. The highest BCUT2D eigenvalue weighted by Crippen LogP contribution is 2.64. The summed E-state index contributed by atoms with van der Waals surface area (Å²) < 4.78 is 0. The van der Waals surface area contributed by atoms with Crippen molar-refractivity contribution in [1.29, 1.82) is 0 Å². The van der Waals surface area contributed by atoms with Crippen molar-refractivity contribution in [2.45, 2.75) is 43.6 Å². The molecule has 1 aromatic rings. The van der Waals surface area contributed by atoms with E-state index in [9.17, 15) is 9.59 Å². The van der Waals surface area contributed by atoms with Gasteiger partial charge < -0.3 is 5.32 Å². The van der Waals surface area contributed by atoms with Crippen molar-refractivity contribution >= 4 is 12.2 Å². The van der Waals surface area contributed by atoms with E-state index in [1.54, 1.807) is 0 Å². The maximum atomic E-state index is 12.4. The lowest BCUT2D eigenvalue weighted by Crippen LogP contribution is -2.78. The van der Waals surface area contributed by atoms with Gasteiger partial charge in [-0.2, -0.15) is 0 Å². The minimum Gasteiger partial charge on any atom is -0.348 e. The molecule has 3 nitrogen and oxygen atoms in total. The molecule has 1 aromatic carbocycles. The molecule has 0 radical (unpaired) electrons. The van der Waals surface area contributed by atoms with Crippen molar-refractivity contribution in [3.05, 3.63) is 35.4 Å². The molecule has 1 aliphatic heterocycles. The number of β-lactam (4-membered cyclic amide) rings is 1. The number of carbonyl (C=O) groups is 2. The predicted octanol–water partition coefficient (Wildman–Crippen LogP) is 2.91. The Morgan fingerprint density at radius 3 is 2.05 bits per heavy atom. The van der Waals surface area contributed by atoms with E-state index in [0.717, 1.165) is 23.7 Å². The van der Waals surface area contributed by atoms with E-state index in [1.807, 2.05) is 24.3 Å². The smallest absolute Gasteiger partial charge is 0.230 e. The molecule has 1 heterocycles. The number of benzene rings is 1. The first-order valence-electron chi connectivity index (χ1n) is 8.58. The molecule has 1 unspecified atom stereocenters. The summed E-state index contributed by atoms with van der Waals surface area (Å²) in [6.07, 6.45) is 7.50. The molecule has 114 valence electrons. The van der Waals surface area contributed by atoms with Crippen molar-refractivity contribution in [3.63, 3.8) is 0 Å². The van der Waals surface area contributed by atoms with Gasteiger partial charge in [0.1, 0.15) is 6.29 Å². The summed E-state index contributed by atoms with van der Waals surface area (Å²) in [4.78, 5) is 23.3. The summed E-state index contributed by atoms with van der Waals surface area (Å²) >= 11 is 0. The summed E-state index contributed by atoms with van der Waals surface area (Å²) in [5, 5.41) is 3.37. The van der Waals surface area contributed by atoms with Crippen molar-refractivity contribution in [2.24, 2.45) is 23.7 Å². The van der Waals surface area contributed by atoms with Gasteiger partial charge >= 0.3 is 0 Å². The number of hydrogen-bond acceptors (Lipinski definition) is 2. The second kappa shape index (κ2) is 4.21. The number of rotatable bonds is 2. The summed E-state index contributed by atoms with van der Waals surface area (Å²) in [5.41, 5.74) is 1.80. The van der Waals surface area contributed by atoms with Gasteiger partial charge in [-0.1, -0.05) is 24.3 Å². The fourth-order valence-corrected chi connectivity index (χ4v) is 6.33. The largest absolute Gasteiger partial charge is 0.348 e. The zero-order valence-electron chi connectivity index (χ0n) is 12.6. The number of nitrogens with one attached hydrogen (secondary N) is 1. The van der Waals surface area contributed by atoms with Crippen LogP contribution in [0.4, 0.5) is 0 Å². The number of hydrogen-bond donors (Lipinski definition) is 1. The Morgan fingerprint density at radius 2 is 1.55 bits per heavy atom. The Kier molecular flexibility index (Phi) is 2.46. The van der Waals surface area contributed by atoms with Gasteiger partial charge in [0.15, 0.2) is 0 Å². The summed E-state index contributed by atoms with van der Waals surface area (Å²) in [7, 11) is 0. The van der Waals surface area contributed by atoms with E-state index in [0.29, 0.717) is 17.4 Å². The molecule has 22 heavy (non-hydrogen) atoms. The van der Waals surface area contributed by atoms with Crippen LogP contribution in [0.3, 0.4) is 0 Å². The van der Waals surface area contributed by atoms with Gasteiger partial charge in [-0.05, 0) is 61.3 Å². The highest BCUT2D eigenvalue weighted by atomic mass is 16.2. The minimum atomic E-state index is 0.00296. The van der Waals surface area contributed by atoms with E-state index in [4.69, 9.17) is 0 Å². The van der Waals surface area contributed by atoms with Crippen LogP contribution in [0, 0.1) is 23.7 Å².